The molecule has 1 aliphatic heterocycles. The Morgan fingerprint density at radius 3 is 2.33 bits per heavy atom. The number of carbonyl (C=O) groups is 2. The minimum Gasteiger partial charge on any atom is -0.507 e. The fourth-order valence-corrected chi connectivity index (χ4v) is 6.99. The number of anilines is 1. The second kappa shape index (κ2) is 13.7. The molecule has 6 rings (SSSR count). The van der Waals surface area contributed by atoms with Crippen LogP contribution in [0.5, 0.6) is 5.75 Å². The molecule has 0 spiro atoms. The van der Waals surface area contributed by atoms with Gasteiger partial charge in [-0.15, -0.1) is 10.2 Å². The van der Waals surface area contributed by atoms with Crippen LogP contribution >= 0.6 is 23.1 Å². The van der Waals surface area contributed by atoms with Crippen molar-refractivity contribution >= 4 is 45.7 Å². The van der Waals surface area contributed by atoms with Gasteiger partial charge in [0.2, 0.25) is 5.13 Å². The molecule has 10 heteroatoms. The van der Waals surface area contributed by atoms with Gasteiger partial charge >= 0.3 is 5.91 Å². The fraction of sp³-hybridized carbons (Fsp3) is 0.167. The molecule has 0 aliphatic carbocycles. The summed E-state index contributed by atoms with van der Waals surface area (Å²) in [5, 5.41) is 20.3. The van der Waals surface area contributed by atoms with E-state index in [0.717, 1.165) is 28.7 Å². The molecular formula is C36H30FN3O4S2. The average molecular weight is 652 g/mol. The van der Waals surface area contributed by atoms with E-state index in [1.165, 1.54) is 40.1 Å². The molecule has 1 aliphatic rings. The monoisotopic (exact) mass is 651 g/mol. The largest absolute Gasteiger partial charge is 0.507 e. The SMILES string of the molecule is CCc1ccc(C2C(=C(O)c3ccc(OCc4ccccc4C)cc3)C(=O)C(=O)N2c2nnc(SCc3ccc(F)cc3)s2)cc1. The first-order chi connectivity index (χ1) is 22.3. The zero-order valence-corrected chi connectivity index (χ0v) is 26.8. The van der Waals surface area contributed by atoms with Gasteiger partial charge in [-0.2, -0.15) is 0 Å². The lowest BCUT2D eigenvalue weighted by Gasteiger charge is -2.22. The second-order valence-corrected chi connectivity index (χ2v) is 12.9. The summed E-state index contributed by atoms with van der Waals surface area (Å²) in [6, 6.07) is 27.7. The van der Waals surface area contributed by atoms with Crippen LogP contribution in [0.4, 0.5) is 9.52 Å². The number of carbonyl (C=O) groups excluding carboxylic acids is 2. The van der Waals surface area contributed by atoms with Crippen molar-refractivity contribution in [3.63, 3.8) is 0 Å². The second-order valence-electron chi connectivity index (χ2n) is 10.8. The summed E-state index contributed by atoms with van der Waals surface area (Å²) in [4.78, 5) is 28.5. The van der Waals surface area contributed by atoms with Crippen LogP contribution in [0.3, 0.4) is 0 Å². The number of amides is 1. The van der Waals surface area contributed by atoms with Gasteiger partial charge in [0.1, 0.15) is 23.9 Å². The molecule has 46 heavy (non-hydrogen) atoms. The zero-order chi connectivity index (χ0) is 32.2. The Balaban J connectivity index is 1.30. The van der Waals surface area contributed by atoms with Crippen LogP contribution in [-0.4, -0.2) is 27.0 Å². The first-order valence-electron chi connectivity index (χ1n) is 14.7. The van der Waals surface area contributed by atoms with Crippen LogP contribution in [0.1, 0.15) is 46.3 Å². The third-order valence-corrected chi connectivity index (χ3v) is 9.94. The molecule has 2 heterocycles. The number of thioether (sulfide) groups is 1. The van der Waals surface area contributed by atoms with Gasteiger partial charge in [-0.25, -0.2) is 4.39 Å². The van der Waals surface area contributed by atoms with Gasteiger partial charge in [0.05, 0.1) is 11.6 Å². The quantitative estimate of drug-likeness (QED) is 0.0537. The van der Waals surface area contributed by atoms with E-state index in [4.69, 9.17) is 4.74 Å². The highest BCUT2D eigenvalue weighted by Gasteiger charge is 2.48. The average Bonchev–Trinajstić information content (AvgIpc) is 3.65. The number of aliphatic hydroxyl groups excluding tert-OH is 1. The fourth-order valence-electron chi connectivity index (χ4n) is 5.16. The predicted octanol–water partition coefficient (Wildman–Crippen LogP) is 8.05. The Morgan fingerprint density at radius 1 is 0.935 bits per heavy atom. The Morgan fingerprint density at radius 2 is 1.63 bits per heavy atom. The summed E-state index contributed by atoms with van der Waals surface area (Å²) in [6.45, 7) is 4.46. The molecule has 1 N–H and O–H groups in total. The predicted molar refractivity (Wildman–Crippen MR) is 178 cm³/mol. The van der Waals surface area contributed by atoms with Crippen LogP contribution in [0.2, 0.25) is 0 Å². The number of hydrogen-bond donors (Lipinski definition) is 1. The van der Waals surface area contributed by atoms with Crippen molar-refractivity contribution < 1.29 is 23.8 Å². The van der Waals surface area contributed by atoms with Gasteiger partial charge in [-0.3, -0.25) is 14.5 Å². The summed E-state index contributed by atoms with van der Waals surface area (Å²) in [5.74, 6) is -1.07. The molecule has 1 amide bonds. The highest BCUT2D eigenvalue weighted by Crippen LogP contribution is 2.44. The van der Waals surface area contributed by atoms with Gasteiger partial charge in [0.25, 0.3) is 5.78 Å². The number of halogens is 1. The smallest absolute Gasteiger partial charge is 0.301 e. The topological polar surface area (TPSA) is 92.6 Å². The number of aryl methyl sites for hydroxylation is 2. The number of aliphatic hydroxyl groups is 1. The van der Waals surface area contributed by atoms with Crippen molar-refractivity contribution in [3.05, 3.63) is 142 Å². The van der Waals surface area contributed by atoms with Crippen LogP contribution in [-0.2, 0) is 28.4 Å². The van der Waals surface area contributed by atoms with Crippen LogP contribution in [0.25, 0.3) is 5.76 Å². The van der Waals surface area contributed by atoms with E-state index in [0.29, 0.717) is 33.6 Å². The molecule has 0 saturated carbocycles. The van der Waals surface area contributed by atoms with Crippen molar-refractivity contribution in [3.8, 4) is 5.75 Å². The van der Waals surface area contributed by atoms with Crippen molar-refractivity contribution in [2.24, 2.45) is 0 Å². The van der Waals surface area contributed by atoms with E-state index in [9.17, 15) is 19.1 Å². The number of Topliss-reactive ketones (excluding diaryl/α,β-unsaturated/α-hetero) is 1. The lowest BCUT2D eigenvalue weighted by Crippen LogP contribution is -2.29. The molecule has 4 aromatic carbocycles. The number of benzene rings is 4. The van der Waals surface area contributed by atoms with Crippen molar-refractivity contribution in [2.75, 3.05) is 4.90 Å². The molecule has 7 nitrogen and oxygen atoms in total. The highest BCUT2D eigenvalue weighted by atomic mass is 32.2. The maximum absolute atomic E-state index is 13.6. The maximum Gasteiger partial charge on any atom is 0.301 e. The summed E-state index contributed by atoms with van der Waals surface area (Å²) in [6.07, 6.45) is 0.823. The molecule has 5 aromatic rings. The molecule has 1 fully saturated rings. The van der Waals surface area contributed by atoms with E-state index in [1.807, 2.05) is 62.4 Å². The van der Waals surface area contributed by atoms with Gasteiger partial charge in [-0.05, 0) is 77.6 Å². The lowest BCUT2D eigenvalue weighted by molar-refractivity contribution is -0.132. The Kier molecular flexibility index (Phi) is 9.28. The van der Waals surface area contributed by atoms with Crippen molar-refractivity contribution in [1.29, 1.82) is 0 Å². The molecule has 1 saturated heterocycles. The van der Waals surface area contributed by atoms with E-state index in [-0.39, 0.29) is 22.3 Å². The normalized spacial score (nSPS) is 15.8. The molecule has 1 atom stereocenters. The minimum atomic E-state index is -0.911. The third kappa shape index (κ3) is 6.59. The molecule has 1 unspecified atom stereocenters. The Hall–Kier alpha value is -4.80. The van der Waals surface area contributed by atoms with Crippen LogP contribution < -0.4 is 9.64 Å². The van der Waals surface area contributed by atoms with Gasteiger partial charge in [0, 0.05) is 11.3 Å². The number of nitrogens with zero attached hydrogens (tertiary/aromatic N) is 3. The van der Waals surface area contributed by atoms with Crippen molar-refractivity contribution in [1.82, 2.24) is 10.2 Å². The number of rotatable bonds is 10. The van der Waals surface area contributed by atoms with Gasteiger partial charge in [0.15, 0.2) is 4.34 Å². The Bertz CT molecular complexity index is 1910. The van der Waals surface area contributed by atoms with E-state index in [1.54, 1.807) is 36.4 Å². The molecular weight excluding hydrogens is 622 g/mol. The molecule has 0 bridgehead atoms. The van der Waals surface area contributed by atoms with Crippen LogP contribution in [0.15, 0.2) is 107 Å². The lowest BCUT2D eigenvalue weighted by atomic mass is 9.94. The highest BCUT2D eigenvalue weighted by molar-refractivity contribution is 8.00. The summed E-state index contributed by atoms with van der Waals surface area (Å²) >= 11 is 2.58. The summed E-state index contributed by atoms with van der Waals surface area (Å²) < 4.78 is 19.9. The van der Waals surface area contributed by atoms with Gasteiger partial charge < -0.3 is 9.84 Å². The third-order valence-electron chi connectivity index (χ3n) is 7.81. The summed E-state index contributed by atoms with van der Waals surface area (Å²) in [5.41, 5.74) is 5.21. The molecule has 1 aromatic heterocycles. The minimum absolute atomic E-state index is 0.0291. The number of ether oxygens (including phenoxy) is 1. The van der Waals surface area contributed by atoms with E-state index in [2.05, 4.69) is 10.2 Å². The number of aromatic nitrogens is 2. The van der Waals surface area contributed by atoms with E-state index >= 15 is 0 Å². The Labute approximate surface area is 274 Å². The molecule has 232 valence electrons. The molecule has 0 radical (unpaired) electrons. The van der Waals surface area contributed by atoms with Crippen LogP contribution in [0, 0.1) is 12.7 Å². The van der Waals surface area contributed by atoms with E-state index < -0.39 is 17.7 Å². The first-order valence-corrected chi connectivity index (χ1v) is 16.5. The number of hydrogen-bond acceptors (Lipinski definition) is 8. The maximum atomic E-state index is 13.6. The first kappa shape index (κ1) is 31.2. The zero-order valence-electron chi connectivity index (χ0n) is 25.1. The van der Waals surface area contributed by atoms with Gasteiger partial charge in [-0.1, -0.05) is 90.7 Å². The van der Waals surface area contributed by atoms with Crippen molar-refractivity contribution in [2.45, 2.75) is 43.0 Å². The standard InChI is InChI=1S/C36H30FN3O4S2/c1-3-23-8-12-25(13-9-23)31-30(32(41)26-14-18-29(19-15-26)44-20-27-7-5-4-6-22(27)2)33(42)34(43)40(31)35-38-39-36(46-35)45-21-24-10-16-28(37)17-11-24/h4-19,31,41H,3,20-21H2,1-2H3. The summed E-state index contributed by atoms with van der Waals surface area (Å²) in [7, 11) is 0. The number of ketones is 1.